The quantitative estimate of drug-likeness (QED) is 0.170. The van der Waals surface area contributed by atoms with Crippen molar-refractivity contribution in [1.82, 2.24) is 0 Å². The van der Waals surface area contributed by atoms with Crippen molar-refractivity contribution in [1.29, 1.82) is 0 Å². The monoisotopic (exact) mass is 382 g/mol. The molecule has 1 atom stereocenters. The molecular formula is C21H35O4P. The number of carbonyl (C=O) groups excluding carboxylic acids is 1. The first-order valence-electron chi connectivity index (χ1n) is 10.1. The number of benzene rings is 1. The van der Waals surface area contributed by atoms with Crippen molar-refractivity contribution >= 4 is 13.3 Å². The highest BCUT2D eigenvalue weighted by Crippen LogP contribution is 2.42. The second-order valence-corrected chi connectivity index (χ2v) is 9.60. The zero-order chi connectivity index (χ0) is 19.1. The van der Waals surface area contributed by atoms with E-state index in [9.17, 15) is 14.3 Å². The van der Waals surface area contributed by atoms with Gasteiger partial charge in [0.15, 0.2) is 0 Å². The minimum Gasteiger partial charge on any atom is -0.427 e. The fourth-order valence-electron chi connectivity index (χ4n) is 2.90. The van der Waals surface area contributed by atoms with Gasteiger partial charge in [-0.15, -0.1) is 0 Å². The lowest BCUT2D eigenvalue weighted by Gasteiger charge is -2.11. The maximum absolute atomic E-state index is 12.2. The predicted molar refractivity (Wildman–Crippen MR) is 108 cm³/mol. The molecule has 1 rings (SSSR count). The molecule has 1 N–H and O–H groups in total. The number of esters is 1. The average Bonchev–Trinajstić information content (AvgIpc) is 2.62. The largest absolute Gasteiger partial charge is 0.427 e. The van der Waals surface area contributed by atoms with E-state index in [0.29, 0.717) is 11.9 Å². The van der Waals surface area contributed by atoms with E-state index < -0.39 is 13.3 Å². The fourth-order valence-corrected chi connectivity index (χ4v) is 4.37. The van der Waals surface area contributed by atoms with Gasteiger partial charge >= 0.3 is 5.97 Å². The molecule has 0 spiro atoms. The molecule has 0 bridgehead atoms. The Morgan fingerprint density at radius 2 is 1.42 bits per heavy atom. The van der Waals surface area contributed by atoms with Crippen molar-refractivity contribution in [2.45, 2.75) is 77.6 Å². The highest BCUT2D eigenvalue weighted by Gasteiger charge is 2.20. The van der Waals surface area contributed by atoms with Crippen molar-refractivity contribution in [2.24, 2.45) is 0 Å². The van der Waals surface area contributed by atoms with Crippen LogP contribution in [0.25, 0.3) is 0 Å². The molecule has 0 aliphatic carbocycles. The Bertz CT molecular complexity index is 530. The molecule has 0 aliphatic rings. The molecule has 4 nitrogen and oxygen atoms in total. The van der Waals surface area contributed by atoms with Crippen LogP contribution in [0.15, 0.2) is 30.3 Å². The summed E-state index contributed by atoms with van der Waals surface area (Å²) in [5, 5.41) is 0. The van der Waals surface area contributed by atoms with Gasteiger partial charge < -0.3 is 9.63 Å². The Morgan fingerprint density at radius 3 is 2.00 bits per heavy atom. The van der Waals surface area contributed by atoms with Crippen LogP contribution in [-0.2, 0) is 9.36 Å². The van der Waals surface area contributed by atoms with Crippen LogP contribution in [-0.4, -0.2) is 23.2 Å². The van der Waals surface area contributed by atoms with Crippen LogP contribution in [0.2, 0.25) is 0 Å². The summed E-state index contributed by atoms with van der Waals surface area (Å²) < 4.78 is 17.3. The molecule has 0 radical (unpaired) electrons. The third kappa shape index (κ3) is 12.3. The number of unbranched alkanes of at least 4 members (excludes halogenated alkanes) is 9. The molecule has 0 amide bonds. The van der Waals surface area contributed by atoms with Crippen LogP contribution in [0.5, 0.6) is 5.75 Å². The maximum Gasteiger partial charge on any atom is 0.311 e. The minimum absolute atomic E-state index is 0.0100. The Labute approximate surface area is 158 Å². The molecule has 148 valence electrons. The normalized spacial score (nSPS) is 13.3. The van der Waals surface area contributed by atoms with Gasteiger partial charge in [-0.2, -0.15) is 0 Å². The summed E-state index contributed by atoms with van der Waals surface area (Å²) in [6.07, 6.45) is 12.3. The fraction of sp³-hybridized carbons (Fsp3) is 0.667. The molecule has 5 heteroatoms. The lowest BCUT2D eigenvalue weighted by molar-refractivity contribution is -0.133. The molecule has 1 aromatic carbocycles. The third-order valence-corrected chi connectivity index (χ3v) is 6.44. The average molecular weight is 382 g/mol. The first kappa shape index (κ1) is 22.9. The van der Waals surface area contributed by atoms with E-state index in [-0.39, 0.29) is 12.6 Å². The highest BCUT2D eigenvalue weighted by molar-refractivity contribution is 7.58. The molecule has 0 aliphatic heterocycles. The molecular weight excluding hydrogens is 347 g/mol. The molecule has 26 heavy (non-hydrogen) atoms. The topological polar surface area (TPSA) is 63.6 Å². The second-order valence-electron chi connectivity index (χ2n) is 7.01. The van der Waals surface area contributed by atoms with Gasteiger partial charge in [0, 0.05) is 12.3 Å². The minimum atomic E-state index is -3.23. The smallest absolute Gasteiger partial charge is 0.311 e. The van der Waals surface area contributed by atoms with E-state index in [1.807, 2.05) is 6.07 Å². The standard InChI is InChI=1S/C21H35O4P/c1-2-3-4-5-6-7-8-9-10-14-18-26(23,24)19-17-21(22)25-20-15-12-11-13-16-20/h11-13,15-16H,2-10,14,17-19H2,1H3,(H,23,24). The lowest BCUT2D eigenvalue weighted by atomic mass is 10.1. The van der Waals surface area contributed by atoms with Gasteiger partial charge in [0.25, 0.3) is 0 Å². The van der Waals surface area contributed by atoms with Crippen molar-refractivity contribution in [3.8, 4) is 5.75 Å². The van der Waals surface area contributed by atoms with Gasteiger partial charge in [-0.1, -0.05) is 82.9 Å². The molecule has 1 unspecified atom stereocenters. The van der Waals surface area contributed by atoms with Gasteiger partial charge in [-0.3, -0.25) is 9.36 Å². The summed E-state index contributed by atoms with van der Waals surface area (Å²) >= 11 is 0. The summed E-state index contributed by atoms with van der Waals surface area (Å²) in [6.45, 7) is 2.23. The first-order chi connectivity index (χ1) is 12.5. The Morgan fingerprint density at radius 1 is 0.885 bits per heavy atom. The van der Waals surface area contributed by atoms with E-state index in [1.165, 1.54) is 44.9 Å². The van der Waals surface area contributed by atoms with Crippen LogP contribution in [0.1, 0.15) is 77.6 Å². The van der Waals surface area contributed by atoms with Gasteiger partial charge in [0.2, 0.25) is 7.37 Å². The number of hydrogen-bond acceptors (Lipinski definition) is 3. The Balaban J connectivity index is 2.03. The van der Waals surface area contributed by atoms with Gasteiger partial charge in [-0.25, -0.2) is 0 Å². The zero-order valence-corrected chi connectivity index (χ0v) is 17.1. The summed E-state index contributed by atoms with van der Waals surface area (Å²) in [5.74, 6) is 0.0218. The van der Waals surface area contributed by atoms with Gasteiger partial charge in [-0.05, 0) is 18.6 Å². The first-order valence-corrected chi connectivity index (χ1v) is 12.1. The van der Waals surface area contributed by atoms with E-state index in [1.54, 1.807) is 24.3 Å². The van der Waals surface area contributed by atoms with E-state index in [0.717, 1.165) is 19.3 Å². The van der Waals surface area contributed by atoms with Gasteiger partial charge in [0.05, 0.1) is 6.42 Å². The van der Waals surface area contributed by atoms with Crippen LogP contribution in [0.4, 0.5) is 0 Å². The second kappa shape index (κ2) is 14.0. The number of ether oxygens (including phenoxy) is 1. The Kier molecular flexibility index (Phi) is 12.3. The number of carbonyl (C=O) groups is 1. The van der Waals surface area contributed by atoms with Crippen LogP contribution < -0.4 is 4.74 Å². The van der Waals surface area contributed by atoms with E-state index >= 15 is 0 Å². The summed E-state index contributed by atoms with van der Waals surface area (Å²) in [7, 11) is -3.23. The van der Waals surface area contributed by atoms with E-state index in [4.69, 9.17) is 4.74 Å². The van der Waals surface area contributed by atoms with Crippen molar-refractivity contribution in [2.75, 3.05) is 12.3 Å². The van der Waals surface area contributed by atoms with Crippen molar-refractivity contribution in [3.05, 3.63) is 30.3 Å². The zero-order valence-electron chi connectivity index (χ0n) is 16.2. The molecule has 0 heterocycles. The Hall–Kier alpha value is -1.12. The maximum atomic E-state index is 12.2. The van der Waals surface area contributed by atoms with E-state index in [2.05, 4.69) is 6.92 Å². The molecule has 0 aromatic heterocycles. The van der Waals surface area contributed by atoms with Crippen molar-refractivity contribution < 1.29 is 19.0 Å². The van der Waals surface area contributed by atoms with Crippen molar-refractivity contribution in [3.63, 3.8) is 0 Å². The number of para-hydroxylation sites is 1. The SMILES string of the molecule is CCCCCCCCCCCCP(=O)(O)CCC(=O)Oc1ccccc1. The van der Waals surface area contributed by atoms with Crippen LogP contribution >= 0.6 is 7.37 Å². The molecule has 0 saturated carbocycles. The molecule has 0 fully saturated rings. The third-order valence-electron chi connectivity index (χ3n) is 4.50. The van der Waals surface area contributed by atoms with Crippen LogP contribution in [0, 0.1) is 0 Å². The lowest BCUT2D eigenvalue weighted by Crippen LogP contribution is -2.10. The molecule has 0 saturated heterocycles. The highest BCUT2D eigenvalue weighted by atomic mass is 31.2. The predicted octanol–water partition coefficient (Wildman–Crippen LogP) is 6.17. The van der Waals surface area contributed by atoms with Gasteiger partial charge in [0.1, 0.15) is 5.75 Å². The number of hydrogen-bond donors (Lipinski definition) is 1. The van der Waals surface area contributed by atoms with Crippen LogP contribution in [0.3, 0.4) is 0 Å². The number of rotatable bonds is 15. The summed E-state index contributed by atoms with van der Waals surface area (Å²) in [6, 6.07) is 8.79. The summed E-state index contributed by atoms with van der Waals surface area (Å²) in [5.41, 5.74) is 0. The summed E-state index contributed by atoms with van der Waals surface area (Å²) in [4.78, 5) is 21.7. The molecule has 1 aromatic rings.